The van der Waals surface area contributed by atoms with E-state index in [2.05, 4.69) is 10.0 Å². The molecule has 0 spiro atoms. The molecule has 0 aliphatic carbocycles. The molecule has 1 aromatic carbocycles. The van der Waals surface area contributed by atoms with Gasteiger partial charge in [0.1, 0.15) is 18.5 Å². The minimum Gasteiger partial charge on any atom is -0.492 e. The zero-order valence-corrected chi connectivity index (χ0v) is 19.4. The minimum absolute atomic E-state index is 0.0193. The maximum atomic E-state index is 12.0. The van der Waals surface area contributed by atoms with Gasteiger partial charge in [-0.25, -0.2) is 13.1 Å². The quantitative estimate of drug-likeness (QED) is 0.198. The number of carbonyl (C=O) groups excluding carboxylic acids is 3. The fraction of sp³-hybridized carbons (Fsp3) is 0.571. The Balaban J connectivity index is 2.34. The highest BCUT2D eigenvalue weighted by molar-refractivity contribution is 7.88. The molecule has 0 aromatic heterocycles. The van der Waals surface area contributed by atoms with Crippen molar-refractivity contribution in [2.45, 2.75) is 39.2 Å². The van der Waals surface area contributed by atoms with Crippen LogP contribution in [-0.2, 0) is 30.8 Å². The van der Waals surface area contributed by atoms with Crippen molar-refractivity contribution in [2.24, 2.45) is 5.41 Å². The van der Waals surface area contributed by atoms with Gasteiger partial charge >= 0.3 is 0 Å². The second-order valence-electron chi connectivity index (χ2n) is 8.10. The van der Waals surface area contributed by atoms with E-state index < -0.39 is 39.0 Å². The number of nitrogens with one attached hydrogen (secondary N) is 2. The molecule has 0 aliphatic heterocycles. The molecular weight excluding hydrogens is 440 g/mol. The van der Waals surface area contributed by atoms with Gasteiger partial charge in [0.25, 0.3) is 0 Å². The lowest BCUT2D eigenvalue weighted by molar-refractivity contribution is -0.138. The van der Waals surface area contributed by atoms with Crippen molar-refractivity contribution in [2.75, 3.05) is 32.6 Å². The first-order valence-corrected chi connectivity index (χ1v) is 12.0. The van der Waals surface area contributed by atoms with Crippen molar-refractivity contribution in [3.8, 4) is 5.75 Å². The Kier molecular flexibility index (Phi) is 10.9. The van der Waals surface area contributed by atoms with Crippen molar-refractivity contribution in [3.05, 3.63) is 29.8 Å². The average molecular weight is 473 g/mol. The molecule has 4 N–H and O–H groups in total. The van der Waals surface area contributed by atoms with Crippen LogP contribution in [0.3, 0.4) is 0 Å². The summed E-state index contributed by atoms with van der Waals surface area (Å²) in [5.41, 5.74) is -0.187. The molecule has 10 nitrogen and oxygen atoms in total. The predicted molar refractivity (Wildman–Crippen MR) is 118 cm³/mol. The normalized spacial score (nSPS) is 12.8. The molecule has 0 bridgehead atoms. The Bertz CT molecular complexity index is 882. The molecule has 1 atom stereocenters. The standard InChI is InChI=1S/C21H32N2O8S/c1-21(2,14-24)19(27)20(28)22-11-10-18(26)17(25)9-6-15-4-7-16(8-5-15)31-13-12-23-32(3,29)30/h4-5,7-8,19,23-24,27H,6,9-14H2,1-3H3,(H,22,28)/t19-/m0/s1. The maximum Gasteiger partial charge on any atom is 0.249 e. The van der Waals surface area contributed by atoms with Gasteiger partial charge in [-0.2, -0.15) is 0 Å². The van der Waals surface area contributed by atoms with E-state index in [4.69, 9.17) is 4.74 Å². The third-order valence-corrected chi connectivity index (χ3v) is 5.39. The van der Waals surface area contributed by atoms with Crippen molar-refractivity contribution in [1.29, 1.82) is 0 Å². The molecule has 11 heteroatoms. The van der Waals surface area contributed by atoms with Crippen LogP contribution in [-0.4, -0.2) is 74.8 Å². The smallest absolute Gasteiger partial charge is 0.249 e. The number of amides is 1. The first kappa shape index (κ1) is 27.7. The lowest BCUT2D eigenvalue weighted by Crippen LogP contribution is -2.46. The van der Waals surface area contributed by atoms with Gasteiger partial charge in [0.05, 0.1) is 12.9 Å². The zero-order chi connectivity index (χ0) is 24.4. The molecule has 0 radical (unpaired) electrons. The average Bonchev–Trinajstić information content (AvgIpc) is 2.74. The van der Waals surface area contributed by atoms with Gasteiger partial charge in [-0.05, 0) is 24.1 Å². The molecule has 0 saturated heterocycles. The largest absolute Gasteiger partial charge is 0.492 e. The number of aliphatic hydroxyl groups excluding tert-OH is 2. The highest BCUT2D eigenvalue weighted by Gasteiger charge is 2.32. The number of ketones is 2. The first-order valence-electron chi connectivity index (χ1n) is 10.1. The lowest BCUT2D eigenvalue weighted by Gasteiger charge is -2.27. The van der Waals surface area contributed by atoms with Gasteiger partial charge < -0.3 is 20.3 Å². The van der Waals surface area contributed by atoms with Gasteiger partial charge in [-0.1, -0.05) is 26.0 Å². The van der Waals surface area contributed by atoms with Crippen LogP contribution in [0.4, 0.5) is 0 Å². The van der Waals surface area contributed by atoms with E-state index in [1.807, 2.05) is 0 Å². The van der Waals surface area contributed by atoms with E-state index >= 15 is 0 Å². The van der Waals surface area contributed by atoms with Gasteiger partial charge in [0, 0.05) is 31.3 Å². The molecule has 180 valence electrons. The number of aryl methyl sites for hydroxylation is 1. The number of hydrogen-bond acceptors (Lipinski definition) is 8. The van der Waals surface area contributed by atoms with Crippen LogP contribution in [0.1, 0.15) is 32.3 Å². The Morgan fingerprint density at radius 2 is 1.66 bits per heavy atom. The Labute approximate surface area is 188 Å². The number of aliphatic hydroxyl groups is 2. The fourth-order valence-electron chi connectivity index (χ4n) is 2.52. The molecule has 0 unspecified atom stereocenters. The molecule has 32 heavy (non-hydrogen) atoms. The van der Waals surface area contributed by atoms with Crippen LogP contribution >= 0.6 is 0 Å². The van der Waals surface area contributed by atoms with Crippen molar-refractivity contribution >= 4 is 27.5 Å². The zero-order valence-electron chi connectivity index (χ0n) is 18.6. The molecule has 0 aliphatic rings. The van der Waals surface area contributed by atoms with E-state index in [0.29, 0.717) is 12.2 Å². The van der Waals surface area contributed by atoms with Crippen LogP contribution < -0.4 is 14.8 Å². The number of hydrogen-bond donors (Lipinski definition) is 4. The van der Waals surface area contributed by atoms with Crippen LogP contribution in [0.5, 0.6) is 5.75 Å². The minimum atomic E-state index is -3.26. The van der Waals surface area contributed by atoms with Crippen LogP contribution in [0.15, 0.2) is 24.3 Å². The highest BCUT2D eigenvalue weighted by atomic mass is 32.2. The molecule has 0 heterocycles. The number of rotatable bonds is 15. The fourth-order valence-corrected chi connectivity index (χ4v) is 2.98. The number of benzene rings is 1. The molecule has 0 saturated carbocycles. The predicted octanol–water partition coefficient (Wildman–Crippen LogP) is -0.429. The van der Waals surface area contributed by atoms with E-state index in [9.17, 15) is 33.0 Å². The number of sulfonamides is 1. The SMILES string of the molecule is CC(C)(CO)[C@@H](O)C(=O)NCCC(=O)C(=O)CCc1ccc(OCCNS(C)(=O)=O)cc1. The highest BCUT2D eigenvalue weighted by Crippen LogP contribution is 2.19. The summed E-state index contributed by atoms with van der Waals surface area (Å²) in [6, 6.07) is 6.89. The second-order valence-corrected chi connectivity index (χ2v) is 9.93. The van der Waals surface area contributed by atoms with Crippen molar-refractivity contribution < 1.29 is 37.8 Å². The Morgan fingerprint density at radius 3 is 2.22 bits per heavy atom. The number of Topliss-reactive ketones (excluding diaryl/α,β-unsaturated/α-hetero) is 2. The molecule has 1 aromatic rings. The van der Waals surface area contributed by atoms with Crippen LogP contribution in [0.25, 0.3) is 0 Å². The van der Waals surface area contributed by atoms with Gasteiger partial charge in [0.2, 0.25) is 15.9 Å². The summed E-state index contributed by atoms with van der Waals surface area (Å²) in [7, 11) is -3.26. The number of carbonyl (C=O) groups is 3. The molecule has 1 amide bonds. The summed E-state index contributed by atoms with van der Waals surface area (Å²) in [5.74, 6) is -1.32. The summed E-state index contributed by atoms with van der Waals surface area (Å²) in [5, 5.41) is 21.4. The molecular formula is C21H32N2O8S. The van der Waals surface area contributed by atoms with E-state index in [1.165, 1.54) is 13.8 Å². The topological polar surface area (TPSA) is 159 Å². The van der Waals surface area contributed by atoms with Crippen LogP contribution in [0.2, 0.25) is 0 Å². The first-order chi connectivity index (χ1) is 14.9. The van der Waals surface area contributed by atoms with Crippen molar-refractivity contribution in [1.82, 2.24) is 10.0 Å². The summed E-state index contributed by atoms with van der Waals surface area (Å²) in [6.07, 6.45) is -0.165. The summed E-state index contributed by atoms with van der Waals surface area (Å²) in [4.78, 5) is 35.9. The Hall–Kier alpha value is -2.34. The van der Waals surface area contributed by atoms with Gasteiger partial charge in [-0.15, -0.1) is 0 Å². The lowest BCUT2D eigenvalue weighted by atomic mass is 9.87. The molecule has 1 rings (SSSR count). The van der Waals surface area contributed by atoms with E-state index in [-0.39, 0.29) is 39.1 Å². The van der Waals surface area contributed by atoms with E-state index in [0.717, 1.165) is 11.8 Å². The molecule has 0 fully saturated rings. The van der Waals surface area contributed by atoms with E-state index in [1.54, 1.807) is 24.3 Å². The van der Waals surface area contributed by atoms with Crippen LogP contribution in [0, 0.1) is 5.41 Å². The summed E-state index contributed by atoms with van der Waals surface area (Å²) >= 11 is 0. The van der Waals surface area contributed by atoms with Gasteiger partial charge in [-0.3, -0.25) is 14.4 Å². The monoisotopic (exact) mass is 472 g/mol. The summed E-state index contributed by atoms with van der Waals surface area (Å²) in [6.45, 7) is 2.91. The third-order valence-electron chi connectivity index (χ3n) is 4.66. The third kappa shape index (κ3) is 10.3. The Morgan fingerprint density at radius 1 is 1.06 bits per heavy atom. The van der Waals surface area contributed by atoms with Crippen molar-refractivity contribution in [3.63, 3.8) is 0 Å². The number of ether oxygens (including phenoxy) is 1. The van der Waals surface area contributed by atoms with Gasteiger partial charge in [0.15, 0.2) is 11.6 Å². The second kappa shape index (κ2) is 12.6. The summed E-state index contributed by atoms with van der Waals surface area (Å²) < 4.78 is 29.7. The maximum absolute atomic E-state index is 12.0.